The fourth-order valence-electron chi connectivity index (χ4n) is 5.38. The number of fused-ring (bicyclic) bond motifs is 3. The molecule has 0 bridgehead atoms. The molecule has 46 heavy (non-hydrogen) atoms. The van der Waals surface area contributed by atoms with Gasteiger partial charge >= 0.3 is 0 Å². The molecule has 4 aromatic rings. The molecular weight excluding hydrogens is 584 g/mol. The first-order valence-corrected chi connectivity index (χ1v) is 14.8. The second-order valence-corrected chi connectivity index (χ2v) is 13.5. The number of amides is 6. The first-order valence-electron chi connectivity index (χ1n) is 14.8. The molecule has 10 nitrogen and oxygen atoms in total. The van der Waals surface area contributed by atoms with Crippen molar-refractivity contribution in [2.45, 2.75) is 41.5 Å². The summed E-state index contributed by atoms with van der Waals surface area (Å²) >= 11 is 0. The minimum atomic E-state index is -0.657. The Balaban J connectivity index is 1.35. The largest absolute Gasteiger partial charge is 0.326 e. The van der Waals surface area contributed by atoms with Gasteiger partial charge in [0.1, 0.15) is 0 Å². The van der Waals surface area contributed by atoms with Crippen LogP contribution in [0, 0.1) is 10.8 Å². The summed E-state index contributed by atoms with van der Waals surface area (Å²) in [6, 6.07) is 19.2. The molecule has 2 N–H and O–H groups in total. The highest BCUT2D eigenvalue weighted by molar-refractivity contribution is 6.38. The highest BCUT2D eigenvalue weighted by atomic mass is 16.2. The summed E-state index contributed by atoms with van der Waals surface area (Å²) in [4.78, 5) is 81.7. The van der Waals surface area contributed by atoms with E-state index in [0.29, 0.717) is 22.1 Å². The van der Waals surface area contributed by atoms with E-state index in [1.165, 1.54) is 24.3 Å². The SMILES string of the molecule is CC(C)(C)C(=O)Nc1ccc2c(c1)C(=O)N(c1cccc3c(N4C(=O)c5ccc(NC(=O)C(C)(C)C)cc5C4=O)cccc13)C2=O. The number of rotatable bonds is 4. The number of carbonyl (C=O) groups is 6. The fraction of sp³-hybridized carbons (Fsp3) is 0.222. The summed E-state index contributed by atoms with van der Waals surface area (Å²) in [5.74, 6) is -2.65. The van der Waals surface area contributed by atoms with Crippen molar-refractivity contribution in [3.63, 3.8) is 0 Å². The highest BCUT2D eigenvalue weighted by Crippen LogP contribution is 2.40. The zero-order chi connectivity index (χ0) is 33.3. The van der Waals surface area contributed by atoms with Crippen molar-refractivity contribution in [3.05, 3.63) is 95.1 Å². The molecule has 2 heterocycles. The Kier molecular flexibility index (Phi) is 6.92. The van der Waals surface area contributed by atoms with Gasteiger partial charge in [0.25, 0.3) is 23.6 Å². The molecule has 0 saturated heterocycles. The van der Waals surface area contributed by atoms with E-state index in [-0.39, 0.29) is 45.4 Å². The monoisotopic (exact) mass is 616 g/mol. The van der Waals surface area contributed by atoms with E-state index in [0.717, 1.165) is 9.80 Å². The van der Waals surface area contributed by atoms with E-state index in [1.54, 1.807) is 90.1 Å². The number of imide groups is 2. The summed E-state index contributed by atoms with van der Waals surface area (Å²) in [5, 5.41) is 6.54. The van der Waals surface area contributed by atoms with Crippen LogP contribution < -0.4 is 20.4 Å². The molecule has 0 spiro atoms. The van der Waals surface area contributed by atoms with Crippen molar-refractivity contribution in [2.75, 3.05) is 20.4 Å². The highest BCUT2D eigenvalue weighted by Gasteiger charge is 2.40. The van der Waals surface area contributed by atoms with Crippen LogP contribution in [0.2, 0.25) is 0 Å². The Hall–Kier alpha value is -5.64. The number of benzene rings is 4. The van der Waals surface area contributed by atoms with Crippen molar-refractivity contribution < 1.29 is 28.8 Å². The van der Waals surface area contributed by atoms with Crippen LogP contribution in [0.25, 0.3) is 10.8 Å². The van der Waals surface area contributed by atoms with Crippen LogP contribution in [-0.2, 0) is 9.59 Å². The number of carbonyl (C=O) groups excluding carboxylic acids is 6. The van der Waals surface area contributed by atoms with Crippen molar-refractivity contribution in [2.24, 2.45) is 10.8 Å². The summed E-state index contributed by atoms with van der Waals surface area (Å²) in [7, 11) is 0. The van der Waals surface area contributed by atoms with Gasteiger partial charge in [-0.15, -0.1) is 0 Å². The smallest absolute Gasteiger partial charge is 0.266 e. The lowest BCUT2D eigenvalue weighted by Crippen LogP contribution is -2.30. The molecule has 0 aliphatic carbocycles. The first kappa shape index (κ1) is 30.4. The number of hydrogen-bond acceptors (Lipinski definition) is 6. The molecule has 2 aliphatic heterocycles. The minimum Gasteiger partial charge on any atom is -0.326 e. The maximum absolute atomic E-state index is 13.7. The molecule has 0 saturated carbocycles. The summed E-state index contributed by atoms with van der Waals surface area (Å²) in [6.45, 7) is 10.6. The van der Waals surface area contributed by atoms with Crippen LogP contribution >= 0.6 is 0 Å². The molecule has 2 aliphatic rings. The molecule has 0 aromatic heterocycles. The normalized spacial score (nSPS) is 14.6. The van der Waals surface area contributed by atoms with Gasteiger partial charge in [-0.1, -0.05) is 65.8 Å². The number of anilines is 4. The van der Waals surface area contributed by atoms with E-state index in [1.807, 2.05) is 0 Å². The molecular formula is C36H32N4O6. The molecule has 232 valence electrons. The fourth-order valence-corrected chi connectivity index (χ4v) is 5.38. The lowest BCUT2D eigenvalue weighted by atomic mass is 9.95. The molecule has 0 atom stereocenters. The van der Waals surface area contributed by atoms with Crippen LogP contribution in [-0.4, -0.2) is 35.4 Å². The molecule has 0 unspecified atom stereocenters. The van der Waals surface area contributed by atoms with Gasteiger partial charge < -0.3 is 10.6 Å². The number of hydrogen-bond donors (Lipinski definition) is 2. The predicted molar refractivity (Wildman–Crippen MR) is 175 cm³/mol. The standard InChI is InChI=1S/C36H32N4O6/c1-35(2,3)33(45)37-19-13-15-23-25(17-19)31(43)39(29(23)41)27-11-7-10-22-21(27)9-8-12-28(22)40-30(42)24-16-14-20(18-26(24)32(40)44)38-34(46)36(4,5)6/h7-18H,1-6H3,(H,37,45)(H,38,46). The molecule has 10 heteroatoms. The maximum atomic E-state index is 13.7. The topological polar surface area (TPSA) is 133 Å². The third kappa shape index (κ3) is 4.92. The van der Waals surface area contributed by atoms with Gasteiger partial charge in [-0.25, -0.2) is 9.80 Å². The van der Waals surface area contributed by atoms with Gasteiger partial charge in [-0.05, 0) is 48.5 Å². The number of nitrogens with zero attached hydrogens (tertiary/aromatic N) is 2. The Morgan fingerprint density at radius 2 is 0.848 bits per heavy atom. The van der Waals surface area contributed by atoms with Crippen LogP contribution in [0.3, 0.4) is 0 Å². The van der Waals surface area contributed by atoms with E-state index < -0.39 is 34.5 Å². The third-order valence-corrected chi connectivity index (χ3v) is 8.01. The Morgan fingerprint density at radius 3 is 1.20 bits per heavy atom. The minimum absolute atomic E-state index is 0.152. The zero-order valence-corrected chi connectivity index (χ0v) is 26.3. The zero-order valence-electron chi connectivity index (χ0n) is 26.3. The van der Waals surface area contributed by atoms with Gasteiger partial charge in [-0.3, -0.25) is 28.8 Å². The average molecular weight is 617 g/mol. The van der Waals surface area contributed by atoms with Gasteiger partial charge in [0, 0.05) is 33.0 Å². The van der Waals surface area contributed by atoms with E-state index in [9.17, 15) is 28.8 Å². The number of nitrogens with one attached hydrogen (secondary N) is 2. The van der Waals surface area contributed by atoms with Crippen molar-refractivity contribution in [1.29, 1.82) is 0 Å². The lowest BCUT2D eigenvalue weighted by Gasteiger charge is -2.20. The molecule has 0 fully saturated rings. The molecule has 6 amide bonds. The van der Waals surface area contributed by atoms with Gasteiger partial charge in [0.05, 0.1) is 33.6 Å². The van der Waals surface area contributed by atoms with Crippen LogP contribution in [0.1, 0.15) is 83.0 Å². The maximum Gasteiger partial charge on any atom is 0.266 e. The van der Waals surface area contributed by atoms with Crippen molar-refractivity contribution in [3.8, 4) is 0 Å². The van der Waals surface area contributed by atoms with E-state index in [2.05, 4.69) is 10.6 Å². The Bertz CT molecular complexity index is 1900. The molecule has 0 radical (unpaired) electrons. The van der Waals surface area contributed by atoms with Crippen LogP contribution in [0.4, 0.5) is 22.7 Å². The van der Waals surface area contributed by atoms with Gasteiger partial charge in [-0.2, -0.15) is 0 Å². The second kappa shape index (κ2) is 10.5. The van der Waals surface area contributed by atoms with Crippen LogP contribution in [0.15, 0.2) is 72.8 Å². The first-order chi connectivity index (χ1) is 21.6. The summed E-state index contributed by atoms with van der Waals surface area (Å²) in [6.07, 6.45) is 0. The molecule has 4 aromatic carbocycles. The Labute approximate surface area is 265 Å². The molecule has 6 rings (SSSR count). The quantitative estimate of drug-likeness (QED) is 0.255. The van der Waals surface area contributed by atoms with Crippen LogP contribution in [0.5, 0.6) is 0 Å². The Morgan fingerprint density at radius 1 is 0.500 bits per heavy atom. The van der Waals surface area contributed by atoms with Gasteiger partial charge in [0.15, 0.2) is 0 Å². The summed E-state index contributed by atoms with van der Waals surface area (Å²) in [5.41, 5.74) is 0.749. The van der Waals surface area contributed by atoms with Crippen molar-refractivity contribution in [1.82, 2.24) is 0 Å². The van der Waals surface area contributed by atoms with E-state index >= 15 is 0 Å². The third-order valence-electron chi connectivity index (χ3n) is 8.01. The second-order valence-electron chi connectivity index (χ2n) is 13.5. The van der Waals surface area contributed by atoms with Crippen molar-refractivity contribution >= 4 is 69.0 Å². The predicted octanol–water partition coefficient (Wildman–Crippen LogP) is 6.41. The lowest BCUT2D eigenvalue weighted by molar-refractivity contribution is -0.123. The van der Waals surface area contributed by atoms with Gasteiger partial charge in [0.2, 0.25) is 11.8 Å². The average Bonchev–Trinajstić information content (AvgIpc) is 3.38. The summed E-state index contributed by atoms with van der Waals surface area (Å²) < 4.78 is 0. The van der Waals surface area contributed by atoms with E-state index in [4.69, 9.17) is 0 Å².